The number of nitro groups is 1. The highest BCUT2D eigenvalue weighted by atomic mass is 16.6. The van der Waals surface area contributed by atoms with Gasteiger partial charge in [0.25, 0.3) is 17.5 Å². The monoisotopic (exact) mass is 433 g/mol. The molecule has 9 nitrogen and oxygen atoms in total. The van der Waals surface area contributed by atoms with E-state index in [2.05, 4.69) is 17.3 Å². The first-order valence-electron chi connectivity index (χ1n) is 10.5. The van der Waals surface area contributed by atoms with Crippen molar-refractivity contribution in [3.8, 4) is 17.1 Å². The molecule has 0 radical (unpaired) electrons. The number of hydrazone groups is 1. The maximum absolute atomic E-state index is 13.0. The van der Waals surface area contributed by atoms with Gasteiger partial charge in [0.05, 0.1) is 35.6 Å². The predicted molar refractivity (Wildman–Crippen MR) is 111 cm³/mol. The first kappa shape index (κ1) is 19.0. The third-order valence-electron chi connectivity index (χ3n) is 7.23. The fourth-order valence-corrected chi connectivity index (χ4v) is 5.74. The topological polar surface area (TPSA) is 115 Å². The van der Waals surface area contributed by atoms with Gasteiger partial charge in [0, 0.05) is 12.1 Å². The number of imide groups is 1. The molecule has 1 aromatic carbocycles. The molecule has 0 unspecified atom stereocenters. The summed E-state index contributed by atoms with van der Waals surface area (Å²) in [7, 11) is 1.46. The van der Waals surface area contributed by atoms with Crippen LogP contribution in [0.2, 0.25) is 0 Å². The van der Waals surface area contributed by atoms with Gasteiger partial charge >= 0.3 is 0 Å². The lowest BCUT2D eigenvalue weighted by atomic mass is 9.63. The van der Waals surface area contributed by atoms with Crippen molar-refractivity contribution in [3.05, 3.63) is 58.4 Å². The second kappa shape index (κ2) is 6.62. The Labute approximate surface area is 182 Å². The molecule has 1 aromatic heterocycles. The molecule has 2 amide bonds. The number of allylic oxidation sites excluding steroid dienone is 2. The molecule has 3 fully saturated rings. The van der Waals surface area contributed by atoms with E-state index in [9.17, 15) is 19.7 Å². The van der Waals surface area contributed by atoms with Crippen LogP contribution in [0.5, 0.6) is 5.75 Å². The summed E-state index contributed by atoms with van der Waals surface area (Å²) in [4.78, 5) is 36.6. The van der Waals surface area contributed by atoms with E-state index in [-0.39, 0.29) is 41.2 Å². The zero-order chi connectivity index (χ0) is 22.1. The van der Waals surface area contributed by atoms with Crippen molar-refractivity contribution in [1.82, 2.24) is 5.01 Å². The average Bonchev–Trinajstić information content (AvgIpc) is 3.44. The van der Waals surface area contributed by atoms with E-state index < -0.39 is 4.92 Å². The van der Waals surface area contributed by atoms with E-state index in [0.717, 1.165) is 11.4 Å². The molecule has 0 spiro atoms. The third-order valence-corrected chi connectivity index (χ3v) is 7.23. The molecular formula is C23H19N3O6. The van der Waals surface area contributed by atoms with Gasteiger partial charge in [-0.3, -0.25) is 19.7 Å². The number of carbonyl (C=O) groups is 2. The van der Waals surface area contributed by atoms with Gasteiger partial charge in [-0.05, 0) is 48.3 Å². The SMILES string of the molecule is COc1ccc([N+](=O)[O-])cc1-c1ccc(/C=N\N2C(=O)[C@H]3[C@@H]4C=C[C@H]([C@@H]5C[C@H]45)[C@@H]3C2=O)o1. The number of nitro benzene ring substituents is 1. The summed E-state index contributed by atoms with van der Waals surface area (Å²) in [5.41, 5.74) is 0.326. The predicted octanol–water partition coefficient (Wildman–Crippen LogP) is 3.25. The van der Waals surface area contributed by atoms with Gasteiger partial charge in [0.1, 0.15) is 17.3 Å². The first-order chi connectivity index (χ1) is 15.5. The van der Waals surface area contributed by atoms with Crippen molar-refractivity contribution in [2.75, 3.05) is 7.11 Å². The summed E-state index contributed by atoms with van der Waals surface area (Å²) in [6.45, 7) is 0. The number of methoxy groups -OCH3 is 1. The highest BCUT2D eigenvalue weighted by molar-refractivity contribution is 6.06. The molecule has 6 atom stereocenters. The van der Waals surface area contributed by atoms with Crippen LogP contribution in [0.25, 0.3) is 11.3 Å². The number of furan rings is 1. The van der Waals surface area contributed by atoms with Crippen molar-refractivity contribution in [2.24, 2.45) is 40.6 Å². The summed E-state index contributed by atoms with van der Waals surface area (Å²) in [5.74, 6) is 1.33. The molecular weight excluding hydrogens is 414 g/mol. The third kappa shape index (κ3) is 2.60. The van der Waals surface area contributed by atoms with Gasteiger partial charge in [-0.2, -0.15) is 10.1 Å². The molecule has 1 saturated heterocycles. The molecule has 0 N–H and O–H groups in total. The minimum Gasteiger partial charge on any atom is -0.496 e. The number of hydrogen-bond donors (Lipinski definition) is 0. The maximum Gasteiger partial charge on any atom is 0.270 e. The summed E-state index contributed by atoms with van der Waals surface area (Å²) in [6.07, 6.45) is 6.67. The van der Waals surface area contributed by atoms with E-state index in [0.29, 0.717) is 34.7 Å². The average molecular weight is 433 g/mol. The zero-order valence-electron chi connectivity index (χ0n) is 17.1. The van der Waals surface area contributed by atoms with E-state index in [1.807, 2.05) is 0 Å². The first-order valence-corrected chi connectivity index (χ1v) is 10.5. The number of nitrogens with zero attached hydrogens (tertiary/aromatic N) is 3. The van der Waals surface area contributed by atoms with E-state index in [4.69, 9.17) is 9.15 Å². The van der Waals surface area contributed by atoms with Crippen LogP contribution >= 0.6 is 0 Å². The molecule has 4 aliphatic carbocycles. The zero-order valence-corrected chi connectivity index (χ0v) is 17.1. The van der Waals surface area contributed by atoms with Gasteiger partial charge in [0.15, 0.2) is 0 Å². The molecule has 2 saturated carbocycles. The van der Waals surface area contributed by atoms with Crippen molar-refractivity contribution >= 4 is 23.7 Å². The lowest BCUT2D eigenvalue weighted by molar-refractivity contribution is -0.384. The Balaban J connectivity index is 1.26. The molecule has 162 valence electrons. The van der Waals surface area contributed by atoms with Gasteiger partial charge in [0.2, 0.25) is 0 Å². The van der Waals surface area contributed by atoms with E-state index in [1.54, 1.807) is 12.1 Å². The Kier molecular flexibility index (Phi) is 3.93. The Morgan fingerprint density at radius 2 is 1.81 bits per heavy atom. The number of carbonyl (C=O) groups excluding carboxylic acids is 2. The van der Waals surface area contributed by atoms with Gasteiger partial charge < -0.3 is 9.15 Å². The molecule has 2 bridgehead atoms. The number of amides is 2. The highest BCUT2D eigenvalue weighted by Crippen LogP contribution is 2.65. The smallest absolute Gasteiger partial charge is 0.270 e. The van der Waals surface area contributed by atoms with Crippen LogP contribution in [0, 0.1) is 45.6 Å². The fraction of sp³-hybridized carbons (Fsp3) is 0.348. The Morgan fingerprint density at radius 1 is 1.12 bits per heavy atom. The van der Waals surface area contributed by atoms with Crippen LogP contribution in [0.1, 0.15) is 12.2 Å². The summed E-state index contributed by atoms with van der Waals surface area (Å²) >= 11 is 0. The molecule has 9 heteroatoms. The standard InChI is InChI=1S/C23H19N3O6/c1-31-18-6-2-11(26(29)30)8-17(18)19-7-3-12(32-19)10-24-25-22(27)20-13-4-5-14(16-9-15(13)16)21(20)23(25)28/h2-8,10,13-16,20-21H,9H2,1H3/b24-10-/t13-,14-,15-,16+,20+,21+/m1/s1. The van der Waals surface area contributed by atoms with Crippen LogP contribution in [-0.2, 0) is 9.59 Å². The number of non-ortho nitro benzene ring substituents is 1. The van der Waals surface area contributed by atoms with E-state index >= 15 is 0 Å². The molecule has 2 heterocycles. The number of rotatable bonds is 5. The number of ether oxygens (including phenoxy) is 1. The van der Waals surface area contributed by atoms with Crippen LogP contribution in [-0.4, -0.2) is 35.1 Å². The minimum absolute atomic E-state index is 0.0930. The Hall–Kier alpha value is -3.75. The molecule has 2 aromatic rings. The summed E-state index contributed by atoms with van der Waals surface area (Å²) < 4.78 is 11.0. The van der Waals surface area contributed by atoms with Crippen molar-refractivity contribution in [3.63, 3.8) is 0 Å². The minimum atomic E-state index is -0.496. The number of benzene rings is 1. The molecule has 32 heavy (non-hydrogen) atoms. The largest absolute Gasteiger partial charge is 0.496 e. The lowest BCUT2D eigenvalue weighted by Crippen LogP contribution is -2.40. The van der Waals surface area contributed by atoms with Crippen LogP contribution in [0.4, 0.5) is 5.69 Å². The maximum atomic E-state index is 13.0. The van der Waals surface area contributed by atoms with Gasteiger partial charge in [-0.25, -0.2) is 0 Å². The van der Waals surface area contributed by atoms with Gasteiger partial charge in [-0.1, -0.05) is 12.2 Å². The normalized spacial score (nSPS) is 31.8. The Bertz CT molecular complexity index is 1190. The highest BCUT2D eigenvalue weighted by Gasteiger charge is 2.67. The Morgan fingerprint density at radius 3 is 2.44 bits per heavy atom. The summed E-state index contributed by atoms with van der Waals surface area (Å²) in [6, 6.07) is 7.47. The van der Waals surface area contributed by atoms with Crippen molar-refractivity contribution < 1.29 is 23.7 Å². The second-order valence-corrected chi connectivity index (χ2v) is 8.73. The van der Waals surface area contributed by atoms with Crippen LogP contribution in [0.15, 0.2) is 52.0 Å². The number of hydrogen-bond acceptors (Lipinski definition) is 7. The summed E-state index contributed by atoms with van der Waals surface area (Å²) in [5, 5.41) is 16.3. The van der Waals surface area contributed by atoms with Gasteiger partial charge in [-0.15, -0.1) is 0 Å². The van der Waals surface area contributed by atoms with Crippen molar-refractivity contribution in [2.45, 2.75) is 6.42 Å². The van der Waals surface area contributed by atoms with Crippen LogP contribution < -0.4 is 4.74 Å². The molecule has 7 rings (SSSR count). The quantitative estimate of drug-likeness (QED) is 0.235. The van der Waals surface area contributed by atoms with E-state index in [1.165, 1.54) is 31.5 Å². The second-order valence-electron chi connectivity index (χ2n) is 8.73. The van der Waals surface area contributed by atoms with Crippen LogP contribution in [0.3, 0.4) is 0 Å². The van der Waals surface area contributed by atoms with Crippen molar-refractivity contribution in [1.29, 1.82) is 0 Å². The molecule has 5 aliphatic rings. The fourth-order valence-electron chi connectivity index (χ4n) is 5.74. The lowest BCUT2D eigenvalue weighted by Gasteiger charge is -2.37. The molecule has 1 aliphatic heterocycles.